The Balaban J connectivity index is 2.26. The quantitative estimate of drug-likeness (QED) is 0.819. The number of aryl methyl sites for hydroxylation is 1. The third-order valence-electron chi connectivity index (χ3n) is 3.58. The van der Waals surface area contributed by atoms with Crippen LogP contribution < -0.4 is 0 Å². The summed E-state index contributed by atoms with van der Waals surface area (Å²) in [6.07, 6.45) is 5.42. The van der Waals surface area contributed by atoms with Gasteiger partial charge in [-0.05, 0) is 43.5 Å². The van der Waals surface area contributed by atoms with Crippen LogP contribution in [0.25, 0.3) is 0 Å². The van der Waals surface area contributed by atoms with Gasteiger partial charge in [-0.3, -0.25) is 0 Å². The van der Waals surface area contributed by atoms with Gasteiger partial charge >= 0.3 is 0 Å². The van der Waals surface area contributed by atoms with Gasteiger partial charge in [-0.1, -0.05) is 35.2 Å². The van der Waals surface area contributed by atoms with Crippen LogP contribution in [0.2, 0.25) is 0 Å². The Morgan fingerprint density at radius 1 is 1.05 bits per heavy atom. The molecule has 106 valence electrons. The van der Waals surface area contributed by atoms with Crippen LogP contribution in [0, 0.1) is 6.92 Å². The highest BCUT2D eigenvalue weighted by Gasteiger charge is 2.24. The molecular weight excluding hydrogens is 326 g/mol. The smallest absolute Gasteiger partial charge is 0.207 e. The van der Waals surface area contributed by atoms with Gasteiger partial charge in [-0.2, -0.15) is 4.31 Å². The summed E-state index contributed by atoms with van der Waals surface area (Å²) in [4.78, 5) is 0.411. The van der Waals surface area contributed by atoms with Gasteiger partial charge < -0.3 is 0 Å². The molecule has 2 rings (SSSR count). The van der Waals surface area contributed by atoms with Crippen molar-refractivity contribution in [2.24, 2.45) is 0 Å². The molecule has 0 amide bonds. The lowest BCUT2D eigenvalue weighted by molar-refractivity contribution is 0.364. The van der Waals surface area contributed by atoms with Gasteiger partial charge in [0, 0.05) is 17.6 Å². The zero-order valence-corrected chi connectivity index (χ0v) is 13.6. The van der Waals surface area contributed by atoms with E-state index in [1.54, 1.807) is 16.4 Å². The molecule has 0 bridgehead atoms. The lowest BCUT2D eigenvalue weighted by atomic mass is 10.1. The van der Waals surface area contributed by atoms with Crippen molar-refractivity contribution >= 4 is 26.0 Å². The third-order valence-corrected chi connectivity index (χ3v) is 6.37. The number of hydrogen-bond donors (Lipinski definition) is 0. The SMILES string of the molecule is Cc1cc(S(=O)(=O)N2CCCCCCC2)ccc1Br. The van der Waals surface area contributed by atoms with E-state index in [9.17, 15) is 8.42 Å². The maximum Gasteiger partial charge on any atom is 0.243 e. The molecule has 1 fully saturated rings. The fraction of sp³-hybridized carbons (Fsp3) is 0.571. The summed E-state index contributed by atoms with van der Waals surface area (Å²) >= 11 is 3.41. The Kier molecular flexibility index (Phi) is 5.03. The molecule has 0 saturated carbocycles. The van der Waals surface area contributed by atoms with E-state index in [0.29, 0.717) is 18.0 Å². The second kappa shape index (κ2) is 6.37. The minimum absolute atomic E-state index is 0.411. The third kappa shape index (κ3) is 3.58. The molecule has 0 radical (unpaired) electrons. The average molecular weight is 346 g/mol. The van der Waals surface area contributed by atoms with Crippen LogP contribution in [0.5, 0.6) is 0 Å². The summed E-state index contributed by atoms with van der Waals surface area (Å²) in [7, 11) is -3.33. The standard InChI is InChI=1S/C14H20BrNO2S/c1-12-11-13(7-8-14(12)15)19(17,18)16-9-5-3-2-4-6-10-16/h7-8,11H,2-6,9-10H2,1H3. The minimum atomic E-state index is -3.33. The van der Waals surface area contributed by atoms with Crippen molar-refractivity contribution in [2.45, 2.75) is 43.9 Å². The molecule has 0 aromatic heterocycles. The molecule has 0 spiro atoms. The van der Waals surface area contributed by atoms with Crippen molar-refractivity contribution in [2.75, 3.05) is 13.1 Å². The minimum Gasteiger partial charge on any atom is -0.207 e. The van der Waals surface area contributed by atoms with E-state index in [0.717, 1.165) is 35.7 Å². The Morgan fingerprint density at radius 2 is 1.63 bits per heavy atom. The normalized spacial score (nSPS) is 18.8. The van der Waals surface area contributed by atoms with E-state index in [1.807, 2.05) is 13.0 Å². The van der Waals surface area contributed by atoms with Gasteiger partial charge in [0.15, 0.2) is 0 Å². The first kappa shape index (κ1) is 15.0. The zero-order valence-electron chi connectivity index (χ0n) is 11.2. The lowest BCUT2D eigenvalue weighted by Crippen LogP contribution is -2.33. The highest BCUT2D eigenvalue weighted by molar-refractivity contribution is 9.10. The predicted molar refractivity (Wildman–Crippen MR) is 80.7 cm³/mol. The molecule has 3 nitrogen and oxygen atoms in total. The van der Waals surface area contributed by atoms with Crippen molar-refractivity contribution < 1.29 is 8.42 Å². The van der Waals surface area contributed by atoms with Crippen LogP contribution in [-0.4, -0.2) is 25.8 Å². The highest BCUT2D eigenvalue weighted by atomic mass is 79.9. The first-order chi connectivity index (χ1) is 9.01. The second-order valence-electron chi connectivity index (χ2n) is 5.08. The number of benzene rings is 1. The van der Waals surface area contributed by atoms with Gasteiger partial charge in [-0.25, -0.2) is 8.42 Å². The zero-order chi connectivity index (χ0) is 13.9. The highest BCUT2D eigenvalue weighted by Crippen LogP contribution is 2.24. The predicted octanol–water partition coefficient (Wildman–Crippen LogP) is 3.71. The van der Waals surface area contributed by atoms with Gasteiger partial charge in [-0.15, -0.1) is 0 Å². The largest absolute Gasteiger partial charge is 0.243 e. The van der Waals surface area contributed by atoms with Crippen molar-refractivity contribution in [1.29, 1.82) is 0 Å². The summed E-state index contributed by atoms with van der Waals surface area (Å²) < 4.78 is 27.8. The Bertz CT molecular complexity index is 534. The summed E-state index contributed by atoms with van der Waals surface area (Å²) in [6.45, 7) is 3.21. The van der Waals surface area contributed by atoms with E-state index in [4.69, 9.17) is 0 Å². The van der Waals surface area contributed by atoms with Crippen LogP contribution in [0.1, 0.15) is 37.7 Å². The van der Waals surface area contributed by atoms with Gasteiger partial charge in [0.2, 0.25) is 10.0 Å². The monoisotopic (exact) mass is 345 g/mol. The first-order valence-corrected chi connectivity index (χ1v) is 9.01. The molecule has 0 N–H and O–H groups in total. The second-order valence-corrected chi connectivity index (χ2v) is 7.88. The van der Waals surface area contributed by atoms with Crippen LogP contribution in [-0.2, 0) is 10.0 Å². The molecule has 1 heterocycles. The average Bonchev–Trinajstić information content (AvgIpc) is 2.31. The molecule has 0 atom stereocenters. The molecule has 1 aliphatic rings. The van der Waals surface area contributed by atoms with Crippen LogP contribution in [0.15, 0.2) is 27.6 Å². The van der Waals surface area contributed by atoms with Crippen LogP contribution in [0.3, 0.4) is 0 Å². The van der Waals surface area contributed by atoms with Crippen molar-refractivity contribution in [3.63, 3.8) is 0 Å². The van der Waals surface area contributed by atoms with Crippen LogP contribution >= 0.6 is 15.9 Å². The Morgan fingerprint density at radius 3 is 2.21 bits per heavy atom. The fourth-order valence-corrected chi connectivity index (χ4v) is 4.23. The van der Waals surface area contributed by atoms with E-state index >= 15 is 0 Å². The number of halogens is 1. The van der Waals surface area contributed by atoms with E-state index in [2.05, 4.69) is 15.9 Å². The van der Waals surface area contributed by atoms with Gasteiger partial charge in [0.25, 0.3) is 0 Å². The molecule has 5 heteroatoms. The van der Waals surface area contributed by atoms with Gasteiger partial charge in [0.05, 0.1) is 4.90 Å². The summed E-state index contributed by atoms with van der Waals surface area (Å²) in [5.74, 6) is 0. The van der Waals surface area contributed by atoms with Crippen molar-refractivity contribution in [3.8, 4) is 0 Å². The molecule has 0 aliphatic carbocycles. The molecule has 19 heavy (non-hydrogen) atoms. The van der Waals surface area contributed by atoms with Crippen LogP contribution in [0.4, 0.5) is 0 Å². The van der Waals surface area contributed by atoms with E-state index < -0.39 is 10.0 Å². The molecule has 1 aromatic carbocycles. The maximum atomic E-state index is 12.6. The van der Waals surface area contributed by atoms with Crippen molar-refractivity contribution in [3.05, 3.63) is 28.2 Å². The summed E-state index contributed by atoms with van der Waals surface area (Å²) in [6, 6.07) is 5.25. The molecular formula is C14H20BrNO2S. The topological polar surface area (TPSA) is 37.4 Å². The Labute approximate surface area is 124 Å². The van der Waals surface area contributed by atoms with E-state index in [1.165, 1.54) is 6.42 Å². The molecule has 1 aliphatic heterocycles. The Hall–Kier alpha value is -0.390. The number of rotatable bonds is 2. The summed E-state index contributed by atoms with van der Waals surface area (Å²) in [5, 5.41) is 0. The van der Waals surface area contributed by atoms with Crippen molar-refractivity contribution in [1.82, 2.24) is 4.31 Å². The number of hydrogen-bond acceptors (Lipinski definition) is 2. The maximum absolute atomic E-state index is 12.6. The summed E-state index contributed by atoms with van der Waals surface area (Å²) in [5.41, 5.74) is 0.952. The van der Waals surface area contributed by atoms with E-state index in [-0.39, 0.29) is 0 Å². The van der Waals surface area contributed by atoms with Gasteiger partial charge in [0.1, 0.15) is 0 Å². The number of sulfonamides is 1. The molecule has 0 unspecified atom stereocenters. The molecule has 1 aromatic rings. The first-order valence-electron chi connectivity index (χ1n) is 6.78. The number of nitrogens with zero attached hydrogens (tertiary/aromatic N) is 1. The fourth-order valence-electron chi connectivity index (χ4n) is 2.39. The lowest BCUT2D eigenvalue weighted by Gasteiger charge is -2.24. The molecule has 1 saturated heterocycles.